The Morgan fingerprint density at radius 3 is 2.60 bits per heavy atom. The van der Waals surface area contributed by atoms with Crippen molar-refractivity contribution >= 4 is 5.57 Å². The smallest absolute Gasteiger partial charge is 0.289 e. The van der Waals surface area contributed by atoms with Crippen molar-refractivity contribution in [3.05, 3.63) is 71.6 Å². The second-order valence-electron chi connectivity index (χ2n) is 6.78. The van der Waals surface area contributed by atoms with Gasteiger partial charge in [0, 0.05) is 24.8 Å². The number of rotatable bonds is 3. The van der Waals surface area contributed by atoms with Gasteiger partial charge in [-0.15, -0.1) is 0 Å². The summed E-state index contributed by atoms with van der Waals surface area (Å²) < 4.78 is 38.7. The SMILES string of the molecule is FC(F)(F)c1cc(C2=CC3CCC(C2)N3Cc2ccccc2)ccn1. The summed E-state index contributed by atoms with van der Waals surface area (Å²) in [5.41, 5.74) is 2.13. The van der Waals surface area contributed by atoms with E-state index in [0.717, 1.165) is 31.4 Å². The van der Waals surface area contributed by atoms with Crippen LogP contribution in [-0.2, 0) is 12.7 Å². The molecule has 1 fully saturated rings. The number of hydrogen-bond donors (Lipinski definition) is 0. The molecular formula is C20H19F3N2. The maximum Gasteiger partial charge on any atom is 0.433 e. The first-order chi connectivity index (χ1) is 12.0. The highest BCUT2D eigenvalue weighted by Crippen LogP contribution is 2.40. The van der Waals surface area contributed by atoms with Gasteiger partial charge in [0.15, 0.2) is 0 Å². The number of benzene rings is 1. The monoisotopic (exact) mass is 344 g/mol. The summed E-state index contributed by atoms with van der Waals surface area (Å²) in [7, 11) is 0. The van der Waals surface area contributed by atoms with Crippen LogP contribution in [0.15, 0.2) is 54.7 Å². The van der Waals surface area contributed by atoms with Gasteiger partial charge in [0.25, 0.3) is 0 Å². The van der Waals surface area contributed by atoms with E-state index in [9.17, 15) is 13.2 Å². The molecule has 4 rings (SSSR count). The van der Waals surface area contributed by atoms with Crippen LogP contribution < -0.4 is 0 Å². The number of fused-ring (bicyclic) bond motifs is 2. The van der Waals surface area contributed by atoms with E-state index in [1.165, 1.54) is 17.8 Å². The predicted octanol–water partition coefficient (Wildman–Crippen LogP) is 4.92. The van der Waals surface area contributed by atoms with Crippen molar-refractivity contribution in [3.63, 3.8) is 0 Å². The van der Waals surface area contributed by atoms with E-state index in [4.69, 9.17) is 0 Å². The van der Waals surface area contributed by atoms with Crippen LogP contribution in [0.2, 0.25) is 0 Å². The molecule has 2 aromatic rings. The molecule has 3 heterocycles. The van der Waals surface area contributed by atoms with E-state index in [1.54, 1.807) is 6.07 Å². The molecule has 0 spiro atoms. The fraction of sp³-hybridized carbons (Fsp3) is 0.350. The lowest BCUT2D eigenvalue weighted by Crippen LogP contribution is -2.37. The predicted molar refractivity (Wildman–Crippen MR) is 90.6 cm³/mol. The summed E-state index contributed by atoms with van der Waals surface area (Å²) >= 11 is 0. The summed E-state index contributed by atoms with van der Waals surface area (Å²) in [5.74, 6) is 0. The molecule has 0 N–H and O–H groups in total. The largest absolute Gasteiger partial charge is 0.433 e. The van der Waals surface area contributed by atoms with Gasteiger partial charge < -0.3 is 0 Å². The van der Waals surface area contributed by atoms with Gasteiger partial charge in [-0.25, -0.2) is 0 Å². The van der Waals surface area contributed by atoms with Gasteiger partial charge in [0.1, 0.15) is 5.69 Å². The summed E-state index contributed by atoms with van der Waals surface area (Å²) in [6.07, 6.45) is 1.97. The Morgan fingerprint density at radius 1 is 1.08 bits per heavy atom. The number of halogens is 3. The minimum Gasteiger partial charge on any atom is -0.289 e. The van der Waals surface area contributed by atoms with Crippen LogP contribution in [0, 0.1) is 0 Å². The molecular weight excluding hydrogens is 325 g/mol. The van der Waals surface area contributed by atoms with Gasteiger partial charge >= 0.3 is 6.18 Å². The Hall–Kier alpha value is -2.14. The van der Waals surface area contributed by atoms with Crippen molar-refractivity contribution in [3.8, 4) is 0 Å². The van der Waals surface area contributed by atoms with Gasteiger partial charge in [-0.05, 0) is 48.1 Å². The summed E-state index contributed by atoms with van der Waals surface area (Å²) in [5, 5.41) is 0. The number of alkyl halides is 3. The molecule has 2 aliphatic heterocycles. The van der Waals surface area contributed by atoms with Crippen LogP contribution >= 0.6 is 0 Å². The van der Waals surface area contributed by atoms with Gasteiger partial charge in [-0.2, -0.15) is 13.2 Å². The standard InChI is InChI=1S/C20H19F3N2/c21-20(22,23)19-12-15(8-9-24-19)16-10-17-6-7-18(11-16)25(17)13-14-4-2-1-3-5-14/h1-5,8-10,12,17-18H,6-7,11,13H2. The maximum atomic E-state index is 12.9. The minimum atomic E-state index is -4.40. The Balaban J connectivity index is 1.58. The number of aromatic nitrogens is 1. The molecule has 1 saturated heterocycles. The van der Waals surface area contributed by atoms with E-state index >= 15 is 0 Å². The highest BCUT2D eigenvalue weighted by Gasteiger charge is 2.37. The van der Waals surface area contributed by atoms with Crippen LogP contribution in [0.3, 0.4) is 0 Å². The molecule has 1 aromatic heterocycles. The van der Waals surface area contributed by atoms with E-state index < -0.39 is 11.9 Å². The molecule has 0 aliphatic carbocycles. The Morgan fingerprint density at radius 2 is 1.88 bits per heavy atom. The average Bonchev–Trinajstić information content (AvgIpc) is 2.83. The normalized spacial score (nSPS) is 23.6. The zero-order chi connectivity index (χ0) is 17.4. The lowest BCUT2D eigenvalue weighted by atomic mass is 9.94. The van der Waals surface area contributed by atoms with E-state index in [-0.39, 0.29) is 0 Å². The zero-order valence-corrected chi connectivity index (χ0v) is 13.7. The molecule has 2 bridgehead atoms. The van der Waals surface area contributed by atoms with Gasteiger partial charge in [0.05, 0.1) is 0 Å². The van der Waals surface area contributed by atoms with E-state index in [0.29, 0.717) is 17.6 Å². The van der Waals surface area contributed by atoms with E-state index in [2.05, 4.69) is 28.1 Å². The Kier molecular flexibility index (Phi) is 4.12. The van der Waals surface area contributed by atoms with Crippen LogP contribution in [-0.4, -0.2) is 22.0 Å². The third-order valence-corrected chi connectivity index (χ3v) is 5.17. The van der Waals surface area contributed by atoms with E-state index in [1.807, 2.05) is 18.2 Å². The van der Waals surface area contributed by atoms with Gasteiger partial charge in [0.2, 0.25) is 0 Å². The highest BCUT2D eigenvalue weighted by molar-refractivity contribution is 5.68. The molecule has 1 aromatic carbocycles. The first kappa shape index (κ1) is 16.3. The fourth-order valence-corrected chi connectivity index (χ4v) is 3.96. The van der Waals surface area contributed by atoms with Gasteiger partial charge in [-0.1, -0.05) is 36.4 Å². The molecule has 25 heavy (non-hydrogen) atoms. The summed E-state index contributed by atoms with van der Waals surface area (Å²) in [4.78, 5) is 5.94. The summed E-state index contributed by atoms with van der Waals surface area (Å²) in [6, 6.07) is 13.9. The quantitative estimate of drug-likeness (QED) is 0.786. The van der Waals surface area contributed by atoms with Crippen molar-refractivity contribution in [1.82, 2.24) is 9.88 Å². The third kappa shape index (κ3) is 3.33. The first-order valence-electron chi connectivity index (χ1n) is 8.55. The number of hydrogen-bond acceptors (Lipinski definition) is 2. The fourth-order valence-electron chi connectivity index (χ4n) is 3.96. The molecule has 5 heteroatoms. The van der Waals surface area contributed by atoms with Crippen molar-refractivity contribution < 1.29 is 13.2 Å². The molecule has 0 radical (unpaired) electrons. The van der Waals surface area contributed by atoms with Crippen LogP contribution in [0.25, 0.3) is 5.57 Å². The Labute approximate surface area is 145 Å². The second-order valence-corrected chi connectivity index (χ2v) is 6.78. The Bertz CT molecular complexity index is 783. The minimum absolute atomic E-state index is 0.302. The lowest BCUT2D eigenvalue weighted by Gasteiger charge is -2.34. The van der Waals surface area contributed by atoms with Crippen molar-refractivity contribution in [2.24, 2.45) is 0 Å². The topological polar surface area (TPSA) is 16.1 Å². The van der Waals surface area contributed by atoms with Crippen LogP contribution in [0.4, 0.5) is 13.2 Å². The van der Waals surface area contributed by atoms with Crippen LogP contribution in [0.5, 0.6) is 0 Å². The molecule has 0 amide bonds. The van der Waals surface area contributed by atoms with Crippen molar-refractivity contribution in [1.29, 1.82) is 0 Å². The molecule has 130 valence electrons. The number of pyridine rings is 1. The van der Waals surface area contributed by atoms with Crippen molar-refractivity contribution in [2.75, 3.05) is 0 Å². The molecule has 2 atom stereocenters. The zero-order valence-electron chi connectivity index (χ0n) is 13.7. The van der Waals surface area contributed by atoms with Gasteiger partial charge in [-0.3, -0.25) is 9.88 Å². The molecule has 2 aliphatic rings. The molecule has 0 saturated carbocycles. The van der Waals surface area contributed by atoms with Crippen molar-refractivity contribution in [2.45, 2.75) is 44.1 Å². The third-order valence-electron chi connectivity index (χ3n) is 5.17. The maximum absolute atomic E-state index is 12.9. The highest BCUT2D eigenvalue weighted by atomic mass is 19.4. The summed E-state index contributed by atoms with van der Waals surface area (Å²) in [6.45, 7) is 0.893. The molecule has 2 unspecified atom stereocenters. The first-order valence-corrected chi connectivity index (χ1v) is 8.55. The molecule has 2 nitrogen and oxygen atoms in total. The van der Waals surface area contributed by atoms with Crippen LogP contribution in [0.1, 0.15) is 36.1 Å². The number of nitrogens with zero attached hydrogens (tertiary/aromatic N) is 2. The average molecular weight is 344 g/mol. The second kappa shape index (κ2) is 6.30. The lowest BCUT2D eigenvalue weighted by molar-refractivity contribution is -0.141.